The maximum atomic E-state index is 11.9. The normalized spacial score (nSPS) is 12.8. The fourth-order valence-corrected chi connectivity index (χ4v) is 2.29. The lowest BCUT2D eigenvalue weighted by Crippen LogP contribution is -2.42. The molecule has 0 fully saturated rings. The molecule has 0 aliphatic heterocycles. The number of nitrogens with two attached hydrogens (primary N) is 1. The van der Waals surface area contributed by atoms with Gasteiger partial charge in [-0.25, -0.2) is 0 Å². The number of hydrogen-bond acceptors (Lipinski definition) is 3. The number of carbonyl (C=O) groups is 1. The van der Waals surface area contributed by atoms with Crippen LogP contribution in [0.1, 0.15) is 25.8 Å². The molecule has 1 amide bonds. The van der Waals surface area contributed by atoms with Crippen LogP contribution in [0.2, 0.25) is 0 Å². The second kappa shape index (κ2) is 6.01. The largest absolute Gasteiger partial charge is 0.340 e. The maximum Gasteiger partial charge on any atom is 0.239 e. The van der Waals surface area contributed by atoms with E-state index in [2.05, 4.69) is 19.2 Å². The van der Waals surface area contributed by atoms with Gasteiger partial charge in [0.1, 0.15) is 0 Å². The minimum atomic E-state index is -0.372. The molecule has 1 aromatic rings. The van der Waals surface area contributed by atoms with E-state index in [0.29, 0.717) is 12.5 Å². The molecule has 0 radical (unpaired) electrons. The first kappa shape index (κ1) is 13.2. The Bertz CT molecular complexity index is 322. The first-order valence-corrected chi connectivity index (χ1v) is 6.46. The van der Waals surface area contributed by atoms with Crippen molar-refractivity contribution < 1.29 is 4.79 Å². The molecule has 1 heterocycles. The van der Waals surface area contributed by atoms with Crippen LogP contribution in [0.25, 0.3) is 0 Å². The van der Waals surface area contributed by atoms with Crippen LogP contribution in [0, 0.1) is 5.92 Å². The van der Waals surface area contributed by atoms with Crippen LogP contribution in [0.4, 0.5) is 0 Å². The third-order valence-corrected chi connectivity index (χ3v) is 3.15. The molecule has 0 bridgehead atoms. The van der Waals surface area contributed by atoms with Crippen LogP contribution in [0.15, 0.2) is 16.8 Å². The minimum Gasteiger partial charge on any atom is -0.340 e. The number of nitrogens with zero attached hydrogens (tertiary/aromatic N) is 1. The van der Waals surface area contributed by atoms with Crippen molar-refractivity contribution in [1.82, 2.24) is 4.90 Å². The van der Waals surface area contributed by atoms with E-state index < -0.39 is 0 Å². The molecule has 16 heavy (non-hydrogen) atoms. The summed E-state index contributed by atoms with van der Waals surface area (Å²) in [5.41, 5.74) is 7.02. The molecular weight excluding hydrogens is 220 g/mol. The molecule has 1 rings (SSSR count). The standard InChI is InChI=1S/C12H20N2OS/c1-9(2)6-11(13)12(15)14(3)7-10-4-5-16-8-10/h4-5,8-9,11H,6-7,13H2,1-3H3/t11-/m0/s1. The van der Waals surface area contributed by atoms with Gasteiger partial charge in [-0.05, 0) is 34.7 Å². The molecule has 0 unspecified atom stereocenters. The molecule has 2 N–H and O–H groups in total. The SMILES string of the molecule is CC(C)C[C@H](N)C(=O)N(C)Cc1ccsc1. The van der Waals surface area contributed by atoms with Gasteiger partial charge in [-0.15, -0.1) is 0 Å². The molecule has 0 spiro atoms. The van der Waals surface area contributed by atoms with Crippen LogP contribution in [-0.2, 0) is 11.3 Å². The quantitative estimate of drug-likeness (QED) is 0.856. The van der Waals surface area contributed by atoms with Gasteiger partial charge in [-0.2, -0.15) is 11.3 Å². The topological polar surface area (TPSA) is 46.3 Å². The summed E-state index contributed by atoms with van der Waals surface area (Å²) < 4.78 is 0. The molecule has 90 valence electrons. The monoisotopic (exact) mass is 240 g/mol. The molecule has 0 aromatic carbocycles. The summed E-state index contributed by atoms with van der Waals surface area (Å²) >= 11 is 1.64. The zero-order chi connectivity index (χ0) is 12.1. The Morgan fingerprint density at radius 1 is 1.56 bits per heavy atom. The number of rotatable bonds is 5. The summed E-state index contributed by atoms with van der Waals surface area (Å²) in [6, 6.07) is 1.66. The van der Waals surface area contributed by atoms with E-state index in [1.807, 2.05) is 11.4 Å². The van der Waals surface area contributed by atoms with Crippen LogP contribution in [0.5, 0.6) is 0 Å². The average molecular weight is 240 g/mol. The zero-order valence-electron chi connectivity index (χ0n) is 10.1. The van der Waals surface area contributed by atoms with E-state index in [1.54, 1.807) is 23.3 Å². The van der Waals surface area contributed by atoms with Crippen LogP contribution in [-0.4, -0.2) is 23.9 Å². The second-order valence-corrected chi connectivity index (χ2v) is 5.34. The molecule has 0 saturated heterocycles. The highest BCUT2D eigenvalue weighted by Gasteiger charge is 2.19. The first-order chi connectivity index (χ1) is 7.50. The second-order valence-electron chi connectivity index (χ2n) is 4.56. The van der Waals surface area contributed by atoms with Gasteiger partial charge >= 0.3 is 0 Å². The van der Waals surface area contributed by atoms with Gasteiger partial charge in [0.05, 0.1) is 6.04 Å². The van der Waals surface area contributed by atoms with Gasteiger partial charge in [0.15, 0.2) is 0 Å². The van der Waals surface area contributed by atoms with Crippen molar-refractivity contribution in [2.45, 2.75) is 32.9 Å². The summed E-state index contributed by atoms with van der Waals surface area (Å²) in [5.74, 6) is 0.480. The highest BCUT2D eigenvalue weighted by Crippen LogP contribution is 2.10. The van der Waals surface area contributed by atoms with E-state index in [4.69, 9.17) is 5.73 Å². The van der Waals surface area contributed by atoms with E-state index in [-0.39, 0.29) is 11.9 Å². The first-order valence-electron chi connectivity index (χ1n) is 5.52. The van der Waals surface area contributed by atoms with Gasteiger partial charge in [0.25, 0.3) is 0 Å². The smallest absolute Gasteiger partial charge is 0.239 e. The summed E-state index contributed by atoms with van der Waals surface area (Å²) in [7, 11) is 1.81. The van der Waals surface area contributed by atoms with Crippen molar-refractivity contribution in [1.29, 1.82) is 0 Å². The number of likely N-dealkylation sites (N-methyl/N-ethyl adjacent to an activating group) is 1. The third kappa shape index (κ3) is 3.94. The summed E-state index contributed by atoms with van der Waals surface area (Å²) in [6.45, 7) is 4.80. The summed E-state index contributed by atoms with van der Waals surface area (Å²) in [6.07, 6.45) is 0.743. The molecule has 3 nitrogen and oxygen atoms in total. The van der Waals surface area contributed by atoms with Crippen molar-refractivity contribution in [2.75, 3.05) is 7.05 Å². The van der Waals surface area contributed by atoms with Crippen molar-refractivity contribution in [2.24, 2.45) is 11.7 Å². The minimum absolute atomic E-state index is 0.0277. The van der Waals surface area contributed by atoms with Gasteiger partial charge in [0, 0.05) is 13.6 Å². The van der Waals surface area contributed by atoms with E-state index in [0.717, 1.165) is 12.0 Å². The van der Waals surface area contributed by atoms with Crippen molar-refractivity contribution >= 4 is 17.2 Å². The Hall–Kier alpha value is -0.870. The number of thiophene rings is 1. The molecule has 0 saturated carbocycles. The van der Waals surface area contributed by atoms with Gasteiger partial charge in [-0.1, -0.05) is 13.8 Å². The van der Waals surface area contributed by atoms with Crippen LogP contribution in [0.3, 0.4) is 0 Å². The lowest BCUT2D eigenvalue weighted by molar-refractivity contribution is -0.132. The molecule has 4 heteroatoms. The fourth-order valence-electron chi connectivity index (χ4n) is 1.63. The summed E-state index contributed by atoms with van der Waals surface area (Å²) in [5, 5.41) is 4.07. The maximum absolute atomic E-state index is 11.9. The third-order valence-electron chi connectivity index (χ3n) is 2.42. The molecular formula is C12H20N2OS. The summed E-state index contributed by atoms with van der Waals surface area (Å²) in [4.78, 5) is 13.6. The Labute approximate surface area is 101 Å². The van der Waals surface area contributed by atoms with Crippen LogP contribution >= 0.6 is 11.3 Å². The Morgan fingerprint density at radius 2 is 2.25 bits per heavy atom. The number of hydrogen-bond donors (Lipinski definition) is 1. The van der Waals surface area contributed by atoms with Crippen molar-refractivity contribution in [3.63, 3.8) is 0 Å². The lowest BCUT2D eigenvalue weighted by atomic mass is 10.0. The Morgan fingerprint density at radius 3 is 2.75 bits per heavy atom. The van der Waals surface area contributed by atoms with Crippen molar-refractivity contribution in [3.05, 3.63) is 22.4 Å². The van der Waals surface area contributed by atoms with E-state index in [1.165, 1.54) is 0 Å². The Balaban J connectivity index is 2.47. The predicted molar refractivity (Wildman–Crippen MR) is 68.2 cm³/mol. The predicted octanol–water partition coefficient (Wildman–Crippen LogP) is 2.08. The van der Waals surface area contributed by atoms with Gasteiger partial charge in [0.2, 0.25) is 5.91 Å². The highest BCUT2D eigenvalue weighted by molar-refractivity contribution is 7.07. The molecule has 0 aliphatic rings. The van der Waals surface area contributed by atoms with Gasteiger partial charge in [-0.3, -0.25) is 4.79 Å². The fraction of sp³-hybridized carbons (Fsp3) is 0.583. The molecule has 1 atom stereocenters. The zero-order valence-corrected chi connectivity index (χ0v) is 11.0. The van der Waals surface area contributed by atoms with Crippen molar-refractivity contribution in [3.8, 4) is 0 Å². The number of carbonyl (C=O) groups excluding carboxylic acids is 1. The molecule has 0 aliphatic carbocycles. The van der Waals surface area contributed by atoms with E-state index >= 15 is 0 Å². The molecule has 1 aromatic heterocycles. The Kier molecular flexibility index (Phi) is 4.96. The number of amides is 1. The average Bonchev–Trinajstić information content (AvgIpc) is 2.68. The highest BCUT2D eigenvalue weighted by atomic mass is 32.1. The lowest BCUT2D eigenvalue weighted by Gasteiger charge is -2.21. The van der Waals surface area contributed by atoms with Gasteiger partial charge < -0.3 is 10.6 Å². The van der Waals surface area contributed by atoms with E-state index in [9.17, 15) is 4.79 Å². The van der Waals surface area contributed by atoms with Crippen LogP contribution < -0.4 is 5.73 Å².